The Kier molecular flexibility index (Phi) is 4.27. The van der Waals surface area contributed by atoms with Crippen LogP contribution in [0.1, 0.15) is 37.3 Å². The molecule has 102 valence electrons. The summed E-state index contributed by atoms with van der Waals surface area (Å²) in [5.74, 6) is 0.682. The van der Waals surface area contributed by atoms with Gasteiger partial charge in [-0.25, -0.2) is 14.1 Å². The zero-order valence-electron chi connectivity index (χ0n) is 11.5. The maximum Gasteiger partial charge on any atom is 0.138 e. The van der Waals surface area contributed by atoms with E-state index in [1.54, 1.807) is 18.5 Å². The van der Waals surface area contributed by atoms with Gasteiger partial charge in [0.1, 0.15) is 18.0 Å². The molecule has 0 spiro atoms. The summed E-state index contributed by atoms with van der Waals surface area (Å²) in [4.78, 5) is 4.29. The maximum absolute atomic E-state index is 13.3. The fraction of sp³-hybridized carbons (Fsp3) is 0.429. The highest BCUT2D eigenvalue weighted by Crippen LogP contribution is 2.19. The van der Waals surface area contributed by atoms with Crippen LogP contribution in [0.3, 0.4) is 0 Å². The summed E-state index contributed by atoms with van der Waals surface area (Å²) in [5, 5.41) is 7.42. The molecule has 0 bridgehead atoms. The van der Waals surface area contributed by atoms with E-state index in [1.165, 1.54) is 6.07 Å². The minimum absolute atomic E-state index is 0.0254. The Hall–Kier alpha value is -1.75. The molecule has 4 nitrogen and oxygen atoms in total. The lowest BCUT2D eigenvalue weighted by Gasteiger charge is -2.17. The Morgan fingerprint density at radius 3 is 2.79 bits per heavy atom. The van der Waals surface area contributed by atoms with E-state index in [0.29, 0.717) is 6.42 Å². The minimum atomic E-state index is -0.219. The number of aromatic nitrogens is 3. The quantitative estimate of drug-likeness (QED) is 0.900. The van der Waals surface area contributed by atoms with E-state index in [1.807, 2.05) is 17.8 Å². The Morgan fingerprint density at radius 2 is 2.16 bits per heavy atom. The highest BCUT2D eigenvalue weighted by Gasteiger charge is 2.15. The first kappa shape index (κ1) is 13.7. The Morgan fingerprint density at radius 1 is 1.37 bits per heavy atom. The van der Waals surface area contributed by atoms with Gasteiger partial charge < -0.3 is 5.32 Å². The van der Waals surface area contributed by atoms with E-state index in [0.717, 1.165) is 11.4 Å². The van der Waals surface area contributed by atoms with Gasteiger partial charge in [-0.3, -0.25) is 0 Å². The largest absolute Gasteiger partial charge is 0.313 e. The Labute approximate surface area is 112 Å². The van der Waals surface area contributed by atoms with Gasteiger partial charge in [-0.05, 0) is 38.6 Å². The van der Waals surface area contributed by atoms with E-state index in [-0.39, 0.29) is 17.9 Å². The number of halogens is 1. The van der Waals surface area contributed by atoms with Crippen molar-refractivity contribution in [2.75, 3.05) is 7.05 Å². The third-order valence-corrected chi connectivity index (χ3v) is 3.12. The molecule has 0 fully saturated rings. The predicted molar refractivity (Wildman–Crippen MR) is 72.3 cm³/mol. The molecule has 1 atom stereocenters. The summed E-state index contributed by atoms with van der Waals surface area (Å²) < 4.78 is 15.2. The fourth-order valence-corrected chi connectivity index (χ4v) is 2.14. The van der Waals surface area contributed by atoms with Gasteiger partial charge in [0, 0.05) is 18.5 Å². The molecule has 0 saturated carbocycles. The first-order chi connectivity index (χ1) is 9.11. The van der Waals surface area contributed by atoms with Crippen LogP contribution < -0.4 is 5.32 Å². The molecule has 1 unspecified atom stereocenters. The van der Waals surface area contributed by atoms with Crippen molar-refractivity contribution in [1.82, 2.24) is 20.1 Å². The highest BCUT2D eigenvalue weighted by molar-refractivity contribution is 5.21. The molecule has 0 amide bonds. The molecule has 1 N–H and O–H groups in total. The molecular weight excluding hydrogens is 243 g/mol. The number of benzene rings is 1. The van der Waals surface area contributed by atoms with Crippen LogP contribution >= 0.6 is 0 Å². The SMILES string of the molecule is CNC(Cc1ncnn1C(C)C)c1cccc(F)c1. The summed E-state index contributed by atoms with van der Waals surface area (Å²) in [6.07, 6.45) is 2.24. The number of likely N-dealkylation sites (N-methyl/N-ethyl adjacent to an activating group) is 1. The Balaban J connectivity index is 2.22. The van der Waals surface area contributed by atoms with Crippen LogP contribution in [0.5, 0.6) is 0 Å². The number of nitrogens with zero attached hydrogens (tertiary/aromatic N) is 3. The van der Waals surface area contributed by atoms with Crippen molar-refractivity contribution in [2.24, 2.45) is 0 Å². The van der Waals surface area contributed by atoms with Crippen molar-refractivity contribution in [1.29, 1.82) is 0 Å². The maximum atomic E-state index is 13.3. The average molecular weight is 262 g/mol. The fourth-order valence-electron chi connectivity index (χ4n) is 2.14. The van der Waals surface area contributed by atoms with Gasteiger partial charge in [0.25, 0.3) is 0 Å². The minimum Gasteiger partial charge on any atom is -0.313 e. The lowest BCUT2D eigenvalue weighted by molar-refractivity contribution is 0.477. The first-order valence-electron chi connectivity index (χ1n) is 6.43. The summed E-state index contributed by atoms with van der Waals surface area (Å²) in [7, 11) is 1.87. The number of nitrogens with one attached hydrogen (secondary N) is 1. The molecule has 0 aliphatic carbocycles. The van der Waals surface area contributed by atoms with Gasteiger partial charge in [-0.15, -0.1) is 0 Å². The predicted octanol–water partition coefficient (Wildman–Crippen LogP) is 2.50. The monoisotopic (exact) mass is 262 g/mol. The molecule has 5 heteroatoms. The molecule has 1 aromatic heterocycles. The van der Waals surface area contributed by atoms with Gasteiger partial charge in [0.15, 0.2) is 0 Å². The average Bonchev–Trinajstić information content (AvgIpc) is 2.84. The molecule has 0 saturated heterocycles. The molecule has 0 radical (unpaired) electrons. The summed E-state index contributed by atoms with van der Waals surface area (Å²) >= 11 is 0. The van der Waals surface area contributed by atoms with E-state index < -0.39 is 0 Å². The molecular formula is C14H19FN4. The van der Waals surface area contributed by atoms with Crippen LogP contribution in [-0.4, -0.2) is 21.8 Å². The Bertz CT molecular complexity index is 536. The van der Waals surface area contributed by atoms with E-state index in [2.05, 4.69) is 29.2 Å². The smallest absolute Gasteiger partial charge is 0.138 e. The van der Waals surface area contributed by atoms with E-state index >= 15 is 0 Å². The van der Waals surface area contributed by atoms with E-state index in [9.17, 15) is 4.39 Å². The molecule has 0 aliphatic heterocycles. The van der Waals surface area contributed by atoms with Crippen LogP contribution in [0.15, 0.2) is 30.6 Å². The second kappa shape index (κ2) is 5.93. The van der Waals surface area contributed by atoms with Gasteiger partial charge >= 0.3 is 0 Å². The zero-order valence-corrected chi connectivity index (χ0v) is 11.5. The summed E-state index contributed by atoms with van der Waals surface area (Å²) in [6, 6.07) is 6.94. The van der Waals surface area contributed by atoms with Crippen molar-refractivity contribution >= 4 is 0 Å². The second-order valence-electron chi connectivity index (χ2n) is 4.81. The molecule has 0 aliphatic rings. The lowest BCUT2D eigenvalue weighted by Crippen LogP contribution is -2.21. The van der Waals surface area contributed by atoms with Crippen molar-refractivity contribution in [3.63, 3.8) is 0 Å². The van der Waals surface area contributed by atoms with Crippen LogP contribution in [-0.2, 0) is 6.42 Å². The van der Waals surface area contributed by atoms with Crippen LogP contribution in [0.2, 0.25) is 0 Å². The second-order valence-corrected chi connectivity index (χ2v) is 4.81. The first-order valence-corrected chi connectivity index (χ1v) is 6.43. The standard InChI is InChI=1S/C14H19FN4/c1-10(2)19-14(17-9-18-19)8-13(16-3)11-5-4-6-12(15)7-11/h4-7,9-10,13,16H,8H2,1-3H3. The third-order valence-electron chi connectivity index (χ3n) is 3.12. The number of rotatable bonds is 5. The van der Waals surface area contributed by atoms with Gasteiger partial charge in [0.2, 0.25) is 0 Å². The topological polar surface area (TPSA) is 42.7 Å². The van der Waals surface area contributed by atoms with Crippen LogP contribution in [0.4, 0.5) is 4.39 Å². The zero-order chi connectivity index (χ0) is 13.8. The van der Waals surface area contributed by atoms with Gasteiger partial charge in [0.05, 0.1) is 0 Å². The highest BCUT2D eigenvalue weighted by atomic mass is 19.1. The number of hydrogen-bond acceptors (Lipinski definition) is 3. The molecule has 1 aromatic carbocycles. The molecule has 1 heterocycles. The van der Waals surface area contributed by atoms with Gasteiger partial charge in [-0.2, -0.15) is 5.10 Å². The number of hydrogen-bond donors (Lipinski definition) is 1. The van der Waals surface area contributed by atoms with E-state index in [4.69, 9.17) is 0 Å². The van der Waals surface area contributed by atoms with Crippen molar-refractivity contribution < 1.29 is 4.39 Å². The molecule has 2 aromatic rings. The van der Waals surface area contributed by atoms with Gasteiger partial charge in [-0.1, -0.05) is 12.1 Å². The summed E-state index contributed by atoms with van der Waals surface area (Å²) in [5.41, 5.74) is 0.917. The molecule has 19 heavy (non-hydrogen) atoms. The van der Waals surface area contributed by atoms with Crippen molar-refractivity contribution in [3.05, 3.63) is 47.8 Å². The molecule has 2 rings (SSSR count). The lowest BCUT2D eigenvalue weighted by atomic mass is 10.0. The van der Waals surface area contributed by atoms with Crippen molar-refractivity contribution in [3.8, 4) is 0 Å². The third kappa shape index (κ3) is 3.17. The normalized spacial score (nSPS) is 12.9. The van der Waals surface area contributed by atoms with Crippen molar-refractivity contribution in [2.45, 2.75) is 32.4 Å². The van der Waals surface area contributed by atoms with Crippen LogP contribution in [0.25, 0.3) is 0 Å². The summed E-state index contributed by atoms with van der Waals surface area (Å²) in [6.45, 7) is 4.13. The van der Waals surface area contributed by atoms with Crippen LogP contribution in [0, 0.1) is 5.82 Å².